The molecule has 2 heterocycles. The van der Waals surface area contributed by atoms with Crippen LogP contribution in [0.15, 0.2) is 78.9 Å². The highest BCUT2D eigenvalue weighted by atomic mass is 16.7. The molecule has 0 amide bonds. The summed E-state index contributed by atoms with van der Waals surface area (Å²) in [5.74, 6) is 0. The van der Waals surface area contributed by atoms with Gasteiger partial charge in [-0.05, 0) is 11.6 Å². The average Bonchev–Trinajstić information content (AvgIpc) is 2.94. The van der Waals surface area contributed by atoms with E-state index in [1.54, 1.807) is 0 Å². The van der Waals surface area contributed by atoms with E-state index in [1.807, 2.05) is 60.7 Å². The molecule has 2 fully saturated rings. The molecule has 12 heteroatoms. The van der Waals surface area contributed by atoms with Crippen molar-refractivity contribution in [1.29, 1.82) is 0 Å². The number of fused-ring (bicyclic) bond motifs is 1. The largest absolute Gasteiger partial charge is 0.388 e. The van der Waals surface area contributed by atoms with Gasteiger partial charge in [0.05, 0.1) is 29.1 Å². The molecule has 2 aliphatic rings. The second-order valence-electron chi connectivity index (χ2n) is 8.89. The number of anilines is 1. The standard InChI is InChI=1S/C26H25N3O9/c30-23-22(27-19-12-11-18(28(31)32)13-20(19)29(33)34)26(35-14-16-7-3-1-4-8-16)37-21-15-36-25(38-24(21)23)17-9-5-2-6-10-17/h1-13,21-27,30H,14-15H2/t21-,22-,23+,24-,25+,26+/m1/s1. The lowest BCUT2D eigenvalue weighted by Crippen LogP contribution is -2.64. The predicted octanol–water partition coefficient (Wildman–Crippen LogP) is 3.70. The molecule has 0 saturated carbocycles. The van der Waals surface area contributed by atoms with Crippen LogP contribution in [0, 0.1) is 20.2 Å². The molecule has 0 spiro atoms. The maximum Gasteiger partial charge on any atom is 0.299 e. The molecule has 0 aromatic heterocycles. The summed E-state index contributed by atoms with van der Waals surface area (Å²) < 4.78 is 24.1. The zero-order valence-corrected chi connectivity index (χ0v) is 20.0. The first-order chi connectivity index (χ1) is 18.4. The number of aliphatic hydroxyl groups excluding tert-OH is 1. The lowest BCUT2D eigenvalue weighted by atomic mass is 9.95. The highest BCUT2D eigenvalue weighted by Crippen LogP contribution is 2.37. The third-order valence-electron chi connectivity index (χ3n) is 6.41. The second kappa shape index (κ2) is 11.2. The number of non-ortho nitro benzene ring substituents is 1. The van der Waals surface area contributed by atoms with Gasteiger partial charge in [-0.2, -0.15) is 0 Å². The van der Waals surface area contributed by atoms with E-state index in [4.69, 9.17) is 18.9 Å². The van der Waals surface area contributed by atoms with Crippen molar-refractivity contribution in [3.63, 3.8) is 0 Å². The Morgan fingerprint density at radius 3 is 2.34 bits per heavy atom. The molecule has 3 aromatic rings. The first-order valence-electron chi connectivity index (χ1n) is 11.9. The van der Waals surface area contributed by atoms with Crippen LogP contribution >= 0.6 is 0 Å². The Labute approximate surface area is 217 Å². The van der Waals surface area contributed by atoms with Crippen LogP contribution < -0.4 is 5.32 Å². The fourth-order valence-corrected chi connectivity index (χ4v) is 4.51. The summed E-state index contributed by atoms with van der Waals surface area (Å²) >= 11 is 0. The monoisotopic (exact) mass is 523 g/mol. The maximum absolute atomic E-state index is 11.7. The minimum atomic E-state index is -1.24. The van der Waals surface area contributed by atoms with Crippen LogP contribution in [0.1, 0.15) is 17.4 Å². The molecule has 38 heavy (non-hydrogen) atoms. The molecule has 198 valence electrons. The minimum absolute atomic E-state index is 0.0355. The van der Waals surface area contributed by atoms with Crippen molar-refractivity contribution in [2.24, 2.45) is 0 Å². The minimum Gasteiger partial charge on any atom is -0.388 e. The first kappa shape index (κ1) is 25.7. The summed E-state index contributed by atoms with van der Waals surface area (Å²) in [4.78, 5) is 21.4. The summed E-state index contributed by atoms with van der Waals surface area (Å²) in [6, 6.07) is 20.7. The van der Waals surface area contributed by atoms with Crippen molar-refractivity contribution in [2.45, 2.75) is 43.5 Å². The zero-order valence-electron chi connectivity index (χ0n) is 20.0. The van der Waals surface area contributed by atoms with Crippen LogP contribution in [0.2, 0.25) is 0 Å². The van der Waals surface area contributed by atoms with Gasteiger partial charge in [0.2, 0.25) is 0 Å². The van der Waals surface area contributed by atoms with Gasteiger partial charge >= 0.3 is 0 Å². The number of ether oxygens (including phenoxy) is 4. The van der Waals surface area contributed by atoms with Crippen LogP contribution in [0.5, 0.6) is 0 Å². The molecule has 0 radical (unpaired) electrons. The van der Waals surface area contributed by atoms with Crippen LogP contribution in [0.4, 0.5) is 17.1 Å². The number of rotatable bonds is 8. The number of hydrogen-bond donors (Lipinski definition) is 2. The van der Waals surface area contributed by atoms with Crippen molar-refractivity contribution in [2.75, 3.05) is 11.9 Å². The number of nitro benzene ring substituents is 2. The van der Waals surface area contributed by atoms with Crippen molar-refractivity contribution in [1.82, 2.24) is 0 Å². The van der Waals surface area contributed by atoms with E-state index in [0.717, 1.165) is 23.3 Å². The smallest absolute Gasteiger partial charge is 0.299 e. The van der Waals surface area contributed by atoms with Gasteiger partial charge < -0.3 is 29.4 Å². The summed E-state index contributed by atoms with van der Waals surface area (Å²) in [6.45, 7) is 0.265. The Kier molecular flexibility index (Phi) is 7.58. The lowest BCUT2D eigenvalue weighted by Gasteiger charge is -2.48. The number of benzene rings is 3. The van der Waals surface area contributed by atoms with Crippen LogP contribution in [0.25, 0.3) is 0 Å². The van der Waals surface area contributed by atoms with Crippen LogP contribution in [-0.4, -0.2) is 52.2 Å². The Balaban J connectivity index is 1.42. The highest BCUT2D eigenvalue weighted by Gasteiger charge is 2.50. The average molecular weight is 523 g/mol. The van der Waals surface area contributed by atoms with E-state index >= 15 is 0 Å². The third kappa shape index (κ3) is 5.49. The number of hydrogen-bond acceptors (Lipinski definition) is 10. The molecule has 2 N–H and O–H groups in total. The summed E-state index contributed by atoms with van der Waals surface area (Å²) in [5.41, 5.74) is 0.624. The van der Waals surface area contributed by atoms with Crippen LogP contribution in [-0.2, 0) is 25.6 Å². The first-order valence-corrected chi connectivity index (χ1v) is 11.9. The molecule has 0 bridgehead atoms. The van der Waals surface area contributed by atoms with Gasteiger partial charge in [0, 0.05) is 11.6 Å². The molecule has 2 saturated heterocycles. The molecule has 6 atom stereocenters. The van der Waals surface area contributed by atoms with Gasteiger partial charge in [0.1, 0.15) is 30.0 Å². The Bertz CT molecular complexity index is 1280. The second-order valence-corrected chi connectivity index (χ2v) is 8.89. The van der Waals surface area contributed by atoms with E-state index in [0.29, 0.717) is 0 Å². The van der Waals surface area contributed by atoms with E-state index < -0.39 is 58.2 Å². The normalized spacial score (nSPS) is 26.8. The van der Waals surface area contributed by atoms with Gasteiger partial charge in [-0.15, -0.1) is 0 Å². The molecule has 12 nitrogen and oxygen atoms in total. The molecule has 0 aliphatic carbocycles. The predicted molar refractivity (Wildman–Crippen MR) is 133 cm³/mol. The van der Waals surface area contributed by atoms with E-state index in [1.165, 1.54) is 6.07 Å². The Hall–Kier alpha value is -3.94. The highest BCUT2D eigenvalue weighted by molar-refractivity contribution is 5.66. The van der Waals surface area contributed by atoms with Crippen molar-refractivity contribution >= 4 is 17.1 Å². The van der Waals surface area contributed by atoms with E-state index in [2.05, 4.69) is 5.32 Å². The molecule has 5 rings (SSSR count). The number of aliphatic hydroxyl groups is 1. The quantitative estimate of drug-likeness (QED) is 0.330. The zero-order chi connectivity index (χ0) is 26.6. The molecular formula is C26H25N3O9. The van der Waals surface area contributed by atoms with E-state index in [-0.39, 0.29) is 18.9 Å². The molecule has 3 aromatic carbocycles. The fourth-order valence-electron chi connectivity index (χ4n) is 4.51. The Morgan fingerprint density at radius 2 is 1.66 bits per heavy atom. The van der Waals surface area contributed by atoms with Gasteiger partial charge in [-0.3, -0.25) is 20.2 Å². The van der Waals surface area contributed by atoms with Crippen molar-refractivity contribution in [3.8, 4) is 0 Å². The molecule has 2 aliphatic heterocycles. The SMILES string of the molecule is O=[N+]([O-])c1ccc(N[C@H]2[C@@H](OCc3ccccc3)O[C@@H]3CO[C@H](c4ccccc4)O[C@H]3[C@H]2O)c([N+](=O)[O-])c1. The number of nitrogens with zero attached hydrogens (tertiary/aromatic N) is 2. The fraction of sp³-hybridized carbons (Fsp3) is 0.308. The molecular weight excluding hydrogens is 498 g/mol. The molecule has 0 unspecified atom stereocenters. The van der Waals surface area contributed by atoms with Crippen molar-refractivity contribution in [3.05, 3.63) is 110 Å². The summed E-state index contributed by atoms with van der Waals surface area (Å²) in [7, 11) is 0. The van der Waals surface area contributed by atoms with Crippen molar-refractivity contribution < 1.29 is 33.9 Å². The van der Waals surface area contributed by atoms with E-state index in [9.17, 15) is 25.3 Å². The number of nitro groups is 2. The summed E-state index contributed by atoms with van der Waals surface area (Å²) in [6.07, 6.45) is -4.55. The van der Waals surface area contributed by atoms with Crippen LogP contribution in [0.3, 0.4) is 0 Å². The number of nitrogens with one attached hydrogen (secondary N) is 1. The van der Waals surface area contributed by atoms with Gasteiger partial charge in [-0.25, -0.2) is 0 Å². The van der Waals surface area contributed by atoms with Gasteiger partial charge in [0.25, 0.3) is 11.4 Å². The van der Waals surface area contributed by atoms with Gasteiger partial charge in [0.15, 0.2) is 12.6 Å². The maximum atomic E-state index is 11.7. The topological polar surface area (TPSA) is 155 Å². The Morgan fingerprint density at radius 1 is 0.947 bits per heavy atom. The van der Waals surface area contributed by atoms with Gasteiger partial charge in [-0.1, -0.05) is 60.7 Å². The summed E-state index contributed by atoms with van der Waals surface area (Å²) in [5, 5.41) is 37.3. The lowest BCUT2D eigenvalue weighted by molar-refractivity contribution is -0.393. The third-order valence-corrected chi connectivity index (χ3v) is 6.41.